The Balaban J connectivity index is 2.68. The van der Waals surface area contributed by atoms with Gasteiger partial charge in [-0.2, -0.15) is 0 Å². The Bertz CT molecular complexity index is 284. The topological polar surface area (TPSA) is 64.3 Å². The number of esters is 1. The number of nitrogens with one attached hydrogen (secondary N) is 1. The van der Waals surface area contributed by atoms with Crippen molar-refractivity contribution in [2.75, 3.05) is 13.7 Å². The van der Waals surface area contributed by atoms with Gasteiger partial charge in [-0.25, -0.2) is 0 Å². The molecule has 0 aliphatic heterocycles. The van der Waals surface area contributed by atoms with Crippen molar-refractivity contribution in [2.24, 2.45) is 16.6 Å². The van der Waals surface area contributed by atoms with E-state index >= 15 is 0 Å². The van der Waals surface area contributed by atoms with Crippen molar-refractivity contribution in [2.45, 2.75) is 59.0 Å². The molecule has 0 spiro atoms. The minimum Gasteiger partial charge on any atom is -0.468 e. The molecule has 1 saturated carbocycles. The molecule has 106 valence electrons. The number of rotatable bonds is 4. The molecule has 4 nitrogen and oxygen atoms in total. The van der Waals surface area contributed by atoms with Gasteiger partial charge in [0.2, 0.25) is 0 Å². The van der Waals surface area contributed by atoms with Crippen molar-refractivity contribution in [1.82, 2.24) is 5.32 Å². The van der Waals surface area contributed by atoms with Crippen LogP contribution in [0.25, 0.3) is 0 Å². The third-order valence-electron chi connectivity index (χ3n) is 3.71. The highest BCUT2D eigenvalue weighted by atomic mass is 16.5. The van der Waals surface area contributed by atoms with Gasteiger partial charge in [-0.1, -0.05) is 27.7 Å². The predicted molar refractivity (Wildman–Crippen MR) is 73.2 cm³/mol. The summed E-state index contributed by atoms with van der Waals surface area (Å²) in [6.45, 7) is 9.44. The van der Waals surface area contributed by atoms with Crippen LogP contribution in [0.3, 0.4) is 0 Å². The largest absolute Gasteiger partial charge is 0.468 e. The maximum atomic E-state index is 11.6. The minimum absolute atomic E-state index is 0.265. The highest BCUT2D eigenvalue weighted by Crippen LogP contribution is 2.45. The van der Waals surface area contributed by atoms with E-state index in [0.717, 1.165) is 12.8 Å². The summed E-state index contributed by atoms with van der Waals surface area (Å²) in [6.07, 6.45) is 3.36. The number of carbonyl (C=O) groups is 1. The van der Waals surface area contributed by atoms with Crippen LogP contribution in [0.4, 0.5) is 0 Å². The van der Waals surface area contributed by atoms with E-state index in [4.69, 9.17) is 10.5 Å². The van der Waals surface area contributed by atoms with Gasteiger partial charge in [0, 0.05) is 12.6 Å². The Morgan fingerprint density at radius 1 is 1.33 bits per heavy atom. The van der Waals surface area contributed by atoms with Crippen LogP contribution in [0.1, 0.15) is 47.0 Å². The quantitative estimate of drug-likeness (QED) is 0.751. The Labute approximate surface area is 111 Å². The fourth-order valence-electron chi connectivity index (χ4n) is 3.62. The zero-order valence-electron chi connectivity index (χ0n) is 12.4. The lowest BCUT2D eigenvalue weighted by molar-refractivity contribution is -0.143. The first-order valence-corrected chi connectivity index (χ1v) is 6.73. The fourth-order valence-corrected chi connectivity index (χ4v) is 3.62. The van der Waals surface area contributed by atoms with E-state index in [1.807, 2.05) is 0 Å². The third-order valence-corrected chi connectivity index (χ3v) is 3.71. The molecule has 0 heterocycles. The van der Waals surface area contributed by atoms with Crippen LogP contribution in [0.5, 0.6) is 0 Å². The van der Waals surface area contributed by atoms with Gasteiger partial charge in [0.05, 0.1) is 7.11 Å². The molecule has 1 rings (SSSR count). The molecule has 1 aliphatic carbocycles. The molecule has 0 saturated heterocycles. The second kappa shape index (κ2) is 5.57. The summed E-state index contributed by atoms with van der Waals surface area (Å²) >= 11 is 0. The van der Waals surface area contributed by atoms with E-state index in [1.54, 1.807) is 0 Å². The Morgan fingerprint density at radius 3 is 2.22 bits per heavy atom. The maximum Gasteiger partial charge on any atom is 0.324 e. The zero-order chi connectivity index (χ0) is 14.0. The standard InChI is InChI=1S/C14H28N2O2/c1-13(2)6-10(7-14(3,4)9-13)16-11(8-15)12(17)18-5/h10-11,16H,6-9,15H2,1-5H3. The fraction of sp³-hybridized carbons (Fsp3) is 0.929. The number of hydrogen-bond acceptors (Lipinski definition) is 4. The smallest absolute Gasteiger partial charge is 0.324 e. The minimum atomic E-state index is -0.385. The van der Waals surface area contributed by atoms with Crippen LogP contribution in [0, 0.1) is 10.8 Å². The molecule has 3 N–H and O–H groups in total. The van der Waals surface area contributed by atoms with Crippen LogP contribution >= 0.6 is 0 Å². The molecule has 4 heteroatoms. The van der Waals surface area contributed by atoms with Gasteiger partial charge in [-0.05, 0) is 30.1 Å². The molecular formula is C14H28N2O2. The lowest BCUT2D eigenvalue weighted by Crippen LogP contribution is -2.52. The normalized spacial score (nSPS) is 24.6. The second-order valence-corrected chi connectivity index (χ2v) is 7.09. The van der Waals surface area contributed by atoms with Gasteiger partial charge in [0.15, 0.2) is 0 Å². The molecule has 0 amide bonds. The van der Waals surface area contributed by atoms with E-state index in [2.05, 4.69) is 33.0 Å². The number of carbonyl (C=O) groups excluding carboxylic acids is 1. The number of nitrogens with two attached hydrogens (primary N) is 1. The van der Waals surface area contributed by atoms with Crippen molar-refractivity contribution in [3.05, 3.63) is 0 Å². The van der Waals surface area contributed by atoms with Gasteiger partial charge < -0.3 is 15.8 Å². The van der Waals surface area contributed by atoms with Crippen molar-refractivity contribution in [3.8, 4) is 0 Å². The lowest BCUT2D eigenvalue weighted by Gasteiger charge is -2.45. The molecule has 0 aromatic rings. The van der Waals surface area contributed by atoms with Crippen LogP contribution < -0.4 is 11.1 Å². The van der Waals surface area contributed by atoms with E-state index in [-0.39, 0.29) is 18.6 Å². The van der Waals surface area contributed by atoms with Gasteiger partial charge in [-0.15, -0.1) is 0 Å². The molecule has 1 fully saturated rings. The summed E-state index contributed by atoms with van der Waals surface area (Å²) in [7, 11) is 1.40. The third kappa shape index (κ3) is 4.25. The van der Waals surface area contributed by atoms with E-state index in [0.29, 0.717) is 16.9 Å². The Kier molecular flexibility index (Phi) is 4.78. The molecule has 0 radical (unpaired) electrons. The van der Waals surface area contributed by atoms with E-state index in [1.165, 1.54) is 13.5 Å². The first-order chi connectivity index (χ1) is 8.19. The first kappa shape index (κ1) is 15.4. The highest BCUT2D eigenvalue weighted by Gasteiger charge is 2.39. The Morgan fingerprint density at radius 2 is 1.83 bits per heavy atom. The molecule has 18 heavy (non-hydrogen) atoms. The van der Waals surface area contributed by atoms with E-state index in [9.17, 15) is 4.79 Å². The molecule has 1 unspecified atom stereocenters. The molecule has 0 aromatic heterocycles. The monoisotopic (exact) mass is 256 g/mol. The second-order valence-electron chi connectivity index (χ2n) is 7.09. The highest BCUT2D eigenvalue weighted by molar-refractivity contribution is 5.75. The van der Waals surface area contributed by atoms with Crippen LogP contribution in [0.15, 0.2) is 0 Å². The number of hydrogen-bond donors (Lipinski definition) is 2. The number of methoxy groups -OCH3 is 1. The van der Waals surface area contributed by atoms with Crippen LogP contribution in [-0.2, 0) is 9.53 Å². The van der Waals surface area contributed by atoms with Gasteiger partial charge >= 0.3 is 5.97 Å². The summed E-state index contributed by atoms with van der Waals surface area (Å²) in [6, 6.07) is -0.0545. The van der Waals surface area contributed by atoms with Gasteiger partial charge in [0.1, 0.15) is 6.04 Å². The van der Waals surface area contributed by atoms with Gasteiger partial charge in [-0.3, -0.25) is 4.79 Å². The van der Waals surface area contributed by atoms with Crippen molar-refractivity contribution >= 4 is 5.97 Å². The molecule has 0 bridgehead atoms. The summed E-state index contributed by atoms with van der Waals surface area (Å²) in [5.41, 5.74) is 6.24. The summed E-state index contributed by atoms with van der Waals surface area (Å²) in [4.78, 5) is 11.6. The molecule has 1 aliphatic rings. The summed E-state index contributed by atoms with van der Waals surface area (Å²) < 4.78 is 4.77. The van der Waals surface area contributed by atoms with Crippen molar-refractivity contribution in [1.29, 1.82) is 0 Å². The summed E-state index contributed by atoms with van der Waals surface area (Å²) in [5, 5.41) is 3.37. The first-order valence-electron chi connectivity index (χ1n) is 6.73. The van der Waals surface area contributed by atoms with Crippen LogP contribution in [0.2, 0.25) is 0 Å². The molecule has 0 aromatic carbocycles. The Hall–Kier alpha value is -0.610. The predicted octanol–water partition coefficient (Wildman–Crippen LogP) is 1.68. The van der Waals surface area contributed by atoms with Crippen molar-refractivity contribution in [3.63, 3.8) is 0 Å². The average molecular weight is 256 g/mol. The SMILES string of the molecule is COC(=O)C(CN)NC1CC(C)(C)CC(C)(C)C1. The van der Waals surface area contributed by atoms with Crippen LogP contribution in [-0.4, -0.2) is 31.7 Å². The average Bonchev–Trinajstić information content (AvgIpc) is 2.20. The van der Waals surface area contributed by atoms with Gasteiger partial charge in [0.25, 0.3) is 0 Å². The zero-order valence-corrected chi connectivity index (χ0v) is 12.4. The maximum absolute atomic E-state index is 11.6. The lowest BCUT2D eigenvalue weighted by atomic mass is 9.63. The van der Waals surface area contributed by atoms with E-state index < -0.39 is 0 Å². The summed E-state index contributed by atoms with van der Waals surface area (Å²) in [5.74, 6) is -0.265. The van der Waals surface area contributed by atoms with Crippen molar-refractivity contribution < 1.29 is 9.53 Å². The molecular weight excluding hydrogens is 228 g/mol. The molecule has 1 atom stereocenters. The number of ether oxygens (including phenoxy) is 1.